The van der Waals surface area contributed by atoms with E-state index in [0.717, 1.165) is 6.42 Å². The van der Waals surface area contributed by atoms with Gasteiger partial charge < -0.3 is 5.11 Å². The lowest BCUT2D eigenvalue weighted by Crippen LogP contribution is -2.62. The van der Waals surface area contributed by atoms with Crippen molar-refractivity contribution in [2.24, 2.45) is 0 Å². The van der Waals surface area contributed by atoms with E-state index in [4.69, 9.17) is 0 Å². The Morgan fingerprint density at radius 1 is 0.711 bits per heavy atom. The van der Waals surface area contributed by atoms with E-state index in [9.17, 15) is 9.90 Å². The zero-order valence-corrected chi connectivity index (χ0v) is 21.2. The molecule has 0 bridgehead atoms. The van der Waals surface area contributed by atoms with E-state index in [2.05, 4.69) is 0 Å². The summed E-state index contributed by atoms with van der Waals surface area (Å²) in [6.07, 6.45) is 1.51. The number of carbonyl (C=O) groups is 2. The highest BCUT2D eigenvalue weighted by atomic mass is 16.3. The summed E-state index contributed by atoms with van der Waals surface area (Å²) in [5.41, 5.74) is -0.824. The third kappa shape index (κ3) is 3.10. The summed E-state index contributed by atoms with van der Waals surface area (Å²) in [6, 6.07) is 34.7. The Balaban J connectivity index is 1.73. The lowest BCUT2D eigenvalue weighted by molar-refractivity contribution is -0.150. The molecule has 6 heteroatoms. The fraction of sp³-hybridized carbons (Fsp3) is 0.188. The van der Waals surface area contributed by atoms with Gasteiger partial charge in [-0.25, -0.2) is 4.79 Å². The molecule has 0 aromatic heterocycles. The van der Waals surface area contributed by atoms with Gasteiger partial charge in [-0.05, 0) is 36.8 Å². The molecule has 4 aromatic rings. The van der Waals surface area contributed by atoms with Crippen molar-refractivity contribution in [2.45, 2.75) is 31.0 Å². The lowest BCUT2D eigenvalue weighted by Gasteiger charge is -2.43. The van der Waals surface area contributed by atoms with Crippen molar-refractivity contribution in [1.29, 1.82) is 0 Å². The Morgan fingerprint density at radius 3 is 1.89 bits per heavy atom. The molecule has 1 N–H and O–H groups in total. The van der Waals surface area contributed by atoms with Gasteiger partial charge in [0.15, 0.2) is 0 Å². The van der Waals surface area contributed by atoms with Gasteiger partial charge in [0, 0.05) is 29.0 Å². The Morgan fingerprint density at radius 2 is 1.26 bits per heavy atom. The van der Waals surface area contributed by atoms with Gasteiger partial charge in [0.05, 0.1) is 5.69 Å². The molecule has 0 unspecified atom stereocenters. The Kier molecular flexibility index (Phi) is 5.77. The molecular weight excluding hydrogens is 474 g/mol. The molecule has 1 fully saturated rings. The molecule has 3 amide bonds. The number of hydrogen-bond donors (Lipinski definition) is 1. The number of benzene rings is 4. The van der Waals surface area contributed by atoms with Crippen molar-refractivity contribution >= 4 is 29.0 Å². The average molecular weight is 504 g/mol. The summed E-state index contributed by atoms with van der Waals surface area (Å²) in [6.45, 7) is 2.34. The summed E-state index contributed by atoms with van der Waals surface area (Å²) in [5.74, 6) is -0.382. The maximum absolute atomic E-state index is 15.1. The molecule has 6 rings (SSSR count). The minimum atomic E-state index is -1.98. The van der Waals surface area contributed by atoms with Crippen molar-refractivity contribution in [3.63, 3.8) is 0 Å². The topological polar surface area (TPSA) is 64.1 Å². The highest BCUT2D eigenvalue weighted by Crippen LogP contribution is 2.61. The smallest absolute Gasteiger partial charge is 0.328 e. The molecule has 190 valence electrons. The van der Waals surface area contributed by atoms with E-state index >= 15 is 4.79 Å². The van der Waals surface area contributed by atoms with Crippen LogP contribution in [-0.2, 0) is 16.1 Å². The minimum Gasteiger partial charge on any atom is -0.364 e. The van der Waals surface area contributed by atoms with E-state index in [1.807, 2.05) is 110 Å². The number of urea groups is 1. The van der Waals surface area contributed by atoms with Gasteiger partial charge in [-0.15, -0.1) is 0 Å². The molecule has 0 aliphatic carbocycles. The molecule has 2 aliphatic rings. The molecule has 2 atom stereocenters. The van der Waals surface area contributed by atoms with E-state index in [0.29, 0.717) is 41.2 Å². The van der Waals surface area contributed by atoms with Crippen LogP contribution in [0.2, 0.25) is 0 Å². The van der Waals surface area contributed by atoms with Crippen molar-refractivity contribution in [2.75, 3.05) is 16.3 Å². The van der Waals surface area contributed by atoms with Gasteiger partial charge >= 0.3 is 6.03 Å². The molecular formula is C32H29N3O3. The van der Waals surface area contributed by atoms with Crippen LogP contribution in [0.4, 0.5) is 21.9 Å². The molecule has 1 saturated heterocycles. The Labute approximate surface area is 222 Å². The third-order valence-corrected chi connectivity index (χ3v) is 7.64. The second kappa shape index (κ2) is 9.15. The van der Waals surface area contributed by atoms with E-state index in [1.54, 1.807) is 17.0 Å². The zero-order valence-electron chi connectivity index (χ0n) is 21.2. The predicted octanol–water partition coefficient (Wildman–Crippen LogP) is 6.15. The lowest BCUT2D eigenvalue weighted by atomic mass is 9.76. The van der Waals surface area contributed by atoms with Gasteiger partial charge in [-0.3, -0.25) is 19.5 Å². The molecule has 38 heavy (non-hydrogen) atoms. The molecule has 0 radical (unpaired) electrons. The van der Waals surface area contributed by atoms with Crippen LogP contribution in [0, 0.1) is 0 Å². The molecule has 4 aromatic carbocycles. The third-order valence-electron chi connectivity index (χ3n) is 7.64. The maximum Gasteiger partial charge on any atom is 0.328 e. The molecule has 2 heterocycles. The Hall–Kier alpha value is -4.42. The quantitative estimate of drug-likeness (QED) is 0.343. The van der Waals surface area contributed by atoms with Crippen molar-refractivity contribution in [3.8, 4) is 0 Å². The standard InChI is InChI=1S/C32H29N3O3/c1-2-3-23-33-30(37)35(26-19-11-6-12-20-26)31(32(33,38)24-15-7-4-8-16-24)27-21-13-14-22-28(27)34(29(31)36)25-17-9-5-10-18-25/h4-22,38H,2-3,23H2,1H3/t31-,32+/m0/s1. The predicted molar refractivity (Wildman–Crippen MR) is 148 cm³/mol. The first kappa shape index (κ1) is 23.9. The summed E-state index contributed by atoms with van der Waals surface area (Å²) >= 11 is 0. The van der Waals surface area contributed by atoms with Crippen molar-refractivity contribution in [3.05, 3.63) is 126 Å². The monoisotopic (exact) mass is 503 g/mol. The number of amides is 3. The summed E-state index contributed by atoms with van der Waals surface area (Å²) in [7, 11) is 0. The van der Waals surface area contributed by atoms with Crippen LogP contribution < -0.4 is 9.80 Å². The molecule has 6 nitrogen and oxygen atoms in total. The highest BCUT2D eigenvalue weighted by Gasteiger charge is 2.76. The first-order valence-corrected chi connectivity index (χ1v) is 13.0. The van der Waals surface area contributed by atoms with Crippen LogP contribution in [0.25, 0.3) is 0 Å². The first-order chi connectivity index (χ1) is 18.6. The molecule has 2 aliphatic heterocycles. The largest absolute Gasteiger partial charge is 0.364 e. The van der Waals surface area contributed by atoms with Crippen molar-refractivity contribution < 1.29 is 14.7 Å². The van der Waals surface area contributed by atoms with Crippen molar-refractivity contribution in [1.82, 2.24) is 4.90 Å². The number of aliphatic hydroxyl groups is 1. The number of hydrogen-bond acceptors (Lipinski definition) is 3. The van der Waals surface area contributed by atoms with Crippen LogP contribution in [0.15, 0.2) is 115 Å². The van der Waals surface area contributed by atoms with Gasteiger partial charge in [0.1, 0.15) is 0 Å². The molecule has 1 spiro atoms. The number of fused-ring (bicyclic) bond motifs is 2. The Bertz CT molecular complexity index is 1480. The van der Waals surface area contributed by atoms with Crippen LogP contribution >= 0.6 is 0 Å². The first-order valence-electron chi connectivity index (χ1n) is 13.0. The SMILES string of the molecule is CCCCN1C(=O)N(c2ccccc2)[C@@]2(C(=O)N(c3ccccc3)c3ccccc32)[C@]1(O)c1ccccc1. The summed E-state index contributed by atoms with van der Waals surface area (Å²) in [5, 5.41) is 13.1. The number of nitrogens with zero attached hydrogens (tertiary/aromatic N) is 3. The van der Waals surface area contributed by atoms with Crippen LogP contribution in [0.1, 0.15) is 30.9 Å². The second-order valence-corrected chi connectivity index (χ2v) is 9.70. The summed E-state index contributed by atoms with van der Waals surface area (Å²) < 4.78 is 0. The van der Waals surface area contributed by atoms with E-state index < -0.39 is 17.3 Å². The number of carbonyl (C=O) groups excluding carboxylic acids is 2. The highest BCUT2D eigenvalue weighted by molar-refractivity contribution is 6.20. The molecule has 0 saturated carbocycles. The van der Waals surface area contributed by atoms with Gasteiger partial charge in [0.25, 0.3) is 5.91 Å². The van der Waals surface area contributed by atoms with Gasteiger partial charge in [0.2, 0.25) is 11.3 Å². The van der Waals surface area contributed by atoms with Gasteiger partial charge in [-0.2, -0.15) is 0 Å². The number of rotatable bonds is 6. The fourth-order valence-corrected chi connectivity index (χ4v) is 5.99. The number of para-hydroxylation sites is 3. The average Bonchev–Trinajstić information content (AvgIpc) is 3.35. The van der Waals surface area contributed by atoms with E-state index in [-0.39, 0.29) is 5.91 Å². The van der Waals surface area contributed by atoms with Crippen LogP contribution in [0.3, 0.4) is 0 Å². The number of anilines is 3. The minimum absolute atomic E-state index is 0.298. The van der Waals surface area contributed by atoms with Gasteiger partial charge in [-0.1, -0.05) is 98.3 Å². The van der Waals surface area contributed by atoms with Crippen LogP contribution in [-0.4, -0.2) is 28.5 Å². The normalized spacial score (nSPS) is 22.4. The van der Waals surface area contributed by atoms with Crippen LogP contribution in [0.5, 0.6) is 0 Å². The zero-order chi connectivity index (χ0) is 26.3. The van der Waals surface area contributed by atoms with E-state index in [1.165, 1.54) is 9.80 Å². The maximum atomic E-state index is 15.1. The fourth-order valence-electron chi connectivity index (χ4n) is 5.99. The second-order valence-electron chi connectivity index (χ2n) is 9.70. The summed E-state index contributed by atoms with van der Waals surface area (Å²) in [4.78, 5) is 34.2. The number of unbranched alkanes of at least 4 members (excludes halogenated alkanes) is 1.